The standard InChI is InChI=1S/C52H61N3O24/c1-11-38(56)68-22-50(23-69-39(57)12-2,24-70-40(58)13-3)31-77-47(65)53-35-20-36(54-48(66)78-32-51(25-71-41(59)14-4,26-72-42(60)15-5)27-73-43(61)16-6)34(10)37(21-35)55-49(67)79-33-52(28-74-44(62)17-7,29-75-45(63)18-8)30-76-46(64)19-9/h11-21,41,59H,1-9,22-33H2,10H3,(H,53,65)(H,54,66)(H,55,67). The zero-order chi connectivity index (χ0) is 59.6. The summed E-state index contributed by atoms with van der Waals surface area (Å²) in [4.78, 5) is 138. The lowest BCUT2D eigenvalue weighted by Gasteiger charge is -2.32. The fourth-order valence-electron chi connectivity index (χ4n) is 5.49. The number of anilines is 3. The molecule has 428 valence electrons. The molecule has 1 aromatic rings. The monoisotopic (exact) mass is 1110 g/mol. The molecule has 0 spiro atoms. The first kappa shape index (κ1) is 67.4. The Labute approximate surface area is 453 Å². The summed E-state index contributed by atoms with van der Waals surface area (Å²) in [6, 6.07) is 2.25. The van der Waals surface area contributed by atoms with Crippen LogP contribution in [0.5, 0.6) is 0 Å². The van der Waals surface area contributed by atoms with Crippen molar-refractivity contribution >= 4 is 83.1 Å². The molecule has 0 aliphatic carbocycles. The van der Waals surface area contributed by atoms with E-state index in [9.17, 15) is 57.8 Å². The molecule has 79 heavy (non-hydrogen) atoms. The number of aliphatic hydroxyl groups excluding tert-OH is 1. The number of carbonyl (C=O) groups excluding carboxylic acids is 11. The molecule has 0 heterocycles. The Kier molecular flexibility index (Phi) is 29.7. The van der Waals surface area contributed by atoms with Gasteiger partial charge in [-0.3, -0.25) is 16.0 Å². The van der Waals surface area contributed by atoms with Gasteiger partial charge in [-0.05, 0) is 30.7 Å². The Morgan fingerprint density at radius 2 is 0.608 bits per heavy atom. The van der Waals surface area contributed by atoms with Crippen LogP contribution >= 0.6 is 0 Å². The molecule has 0 radical (unpaired) electrons. The predicted molar refractivity (Wildman–Crippen MR) is 275 cm³/mol. The number of carbonyl (C=O) groups is 11. The lowest BCUT2D eigenvalue weighted by atomic mass is 9.92. The highest BCUT2D eigenvalue weighted by Crippen LogP contribution is 2.31. The number of hydrogen-bond acceptors (Lipinski definition) is 24. The van der Waals surface area contributed by atoms with Crippen molar-refractivity contribution in [3.05, 3.63) is 132 Å². The first-order valence-electron chi connectivity index (χ1n) is 22.7. The number of benzene rings is 1. The molecule has 0 aromatic heterocycles. The van der Waals surface area contributed by atoms with Gasteiger partial charge in [-0.2, -0.15) is 0 Å². The number of hydrogen-bond donors (Lipinski definition) is 4. The molecule has 0 aliphatic rings. The molecule has 27 nitrogen and oxygen atoms in total. The molecule has 0 bridgehead atoms. The molecule has 3 amide bonds. The Morgan fingerprint density at radius 1 is 0.392 bits per heavy atom. The van der Waals surface area contributed by atoms with Crippen molar-refractivity contribution in [2.75, 3.05) is 95.2 Å². The van der Waals surface area contributed by atoms with Crippen LogP contribution in [0.1, 0.15) is 5.56 Å². The molecule has 0 fully saturated rings. The van der Waals surface area contributed by atoms with Gasteiger partial charge in [0, 0.05) is 54.3 Å². The normalized spacial score (nSPS) is 11.0. The lowest BCUT2D eigenvalue weighted by molar-refractivity contribution is -0.164. The van der Waals surface area contributed by atoms with Crippen molar-refractivity contribution in [2.45, 2.75) is 13.2 Å². The highest BCUT2D eigenvalue weighted by atomic mass is 16.6. The number of amides is 3. The second-order valence-electron chi connectivity index (χ2n) is 16.2. The second-order valence-corrected chi connectivity index (χ2v) is 16.2. The summed E-state index contributed by atoms with van der Waals surface area (Å²) >= 11 is 0. The van der Waals surface area contributed by atoms with Crippen molar-refractivity contribution in [3.8, 4) is 0 Å². The van der Waals surface area contributed by atoms with Gasteiger partial charge in [-0.15, -0.1) is 0 Å². The molecule has 1 aromatic carbocycles. The van der Waals surface area contributed by atoms with E-state index in [-0.39, 0.29) is 22.6 Å². The maximum Gasteiger partial charge on any atom is 0.411 e. The van der Waals surface area contributed by atoms with E-state index in [1.54, 1.807) is 0 Å². The third-order valence-electron chi connectivity index (χ3n) is 9.92. The van der Waals surface area contributed by atoms with Crippen molar-refractivity contribution < 1.29 is 115 Å². The van der Waals surface area contributed by atoms with Crippen LogP contribution in [0.3, 0.4) is 0 Å². The van der Waals surface area contributed by atoms with E-state index in [2.05, 4.69) is 75.2 Å². The van der Waals surface area contributed by atoms with E-state index in [4.69, 9.17) is 56.8 Å². The van der Waals surface area contributed by atoms with Crippen LogP contribution in [0.25, 0.3) is 0 Å². The van der Waals surface area contributed by atoms with Gasteiger partial charge >= 0.3 is 66.0 Å². The van der Waals surface area contributed by atoms with E-state index in [1.807, 2.05) is 0 Å². The second kappa shape index (κ2) is 34.8. The summed E-state index contributed by atoms with van der Waals surface area (Å²) in [6.07, 6.45) is 1.88. The molecule has 0 aliphatic heterocycles. The van der Waals surface area contributed by atoms with Gasteiger partial charge in [0.05, 0.1) is 23.4 Å². The number of ether oxygens (including phenoxy) is 12. The summed E-state index contributed by atoms with van der Waals surface area (Å²) in [6.45, 7) is 22.7. The van der Waals surface area contributed by atoms with Crippen LogP contribution < -0.4 is 16.0 Å². The molecular weight excluding hydrogens is 1050 g/mol. The molecule has 1 rings (SSSR count). The van der Waals surface area contributed by atoms with Gasteiger partial charge in [0.15, 0.2) is 6.29 Å². The van der Waals surface area contributed by atoms with Crippen molar-refractivity contribution in [2.24, 2.45) is 16.2 Å². The quantitative estimate of drug-likeness (QED) is 0.0241. The van der Waals surface area contributed by atoms with Crippen LogP contribution in [0.4, 0.5) is 31.4 Å². The smallest absolute Gasteiger partial charge is 0.411 e. The molecule has 0 saturated carbocycles. The largest absolute Gasteiger partial charge is 0.462 e. The molecule has 4 N–H and O–H groups in total. The minimum atomic E-state index is -1.79. The predicted octanol–water partition coefficient (Wildman–Crippen LogP) is 3.95. The average molecular weight is 1110 g/mol. The van der Waals surface area contributed by atoms with Gasteiger partial charge in [-0.1, -0.05) is 59.2 Å². The fraction of sp³-hybridized carbons (Fsp3) is 0.327. The number of aliphatic hydroxyl groups is 1. The molecule has 0 saturated heterocycles. The molecule has 1 unspecified atom stereocenters. The van der Waals surface area contributed by atoms with E-state index >= 15 is 0 Å². The lowest BCUT2D eigenvalue weighted by Crippen LogP contribution is -2.44. The van der Waals surface area contributed by atoms with Crippen molar-refractivity contribution in [1.29, 1.82) is 0 Å². The summed E-state index contributed by atoms with van der Waals surface area (Å²) in [7, 11) is 0. The highest BCUT2D eigenvalue weighted by Gasteiger charge is 2.40. The van der Waals surface area contributed by atoms with Gasteiger partial charge in [0.1, 0.15) is 83.5 Å². The first-order valence-corrected chi connectivity index (χ1v) is 22.7. The third-order valence-corrected chi connectivity index (χ3v) is 9.92. The topological polar surface area (TPSA) is 355 Å². The zero-order valence-corrected chi connectivity index (χ0v) is 43.1. The fourth-order valence-corrected chi connectivity index (χ4v) is 5.49. The van der Waals surface area contributed by atoms with Gasteiger partial charge < -0.3 is 61.9 Å². The highest BCUT2D eigenvalue weighted by molar-refractivity contribution is 5.95. The summed E-state index contributed by atoms with van der Waals surface area (Å²) < 4.78 is 63.1. The van der Waals surface area contributed by atoms with E-state index in [0.29, 0.717) is 0 Å². The van der Waals surface area contributed by atoms with Gasteiger partial charge in [-0.25, -0.2) is 52.7 Å². The number of rotatable bonds is 37. The molecule has 1 atom stereocenters. The molecular formula is C52H61N3O24. The van der Waals surface area contributed by atoms with Crippen LogP contribution in [0.2, 0.25) is 0 Å². The van der Waals surface area contributed by atoms with E-state index < -0.39 is 168 Å². The summed E-state index contributed by atoms with van der Waals surface area (Å²) in [5.41, 5.74) is -6.10. The van der Waals surface area contributed by atoms with Crippen molar-refractivity contribution in [3.63, 3.8) is 0 Å². The van der Waals surface area contributed by atoms with E-state index in [0.717, 1.165) is 66.8 Å². The maximum atomic E-state index is 13.7. The Balaban J connectivity index is 3.95. The minimum Gasteiger partial charge on any atom is -0.462 e. The summed E-state index contributed by atoms with van der Waals surface area (Å²) in [5.74, 6) is -7.72. The van der Waals surface area contributed by atoms with E-state index in [1.165, 1.54) is 6.92 Å². The Hall–Kier alpha value is -9.63. The molecule has 27 heteroatoms. The van der Waals surface area contributed by atoms with Crippen LogP contribution in [-0.2, 0) is 95.2 Å². The summed E-state index contributed by atoms with van der Waals surface area (Å²) in [5, 5.41) is 17.3. The van der Waals surface area contributed by atoms with Crippen molar-refractivity contribution in [1.82, 2.24) is 0 Å². The first-order chi connectivity index (χ1) is 37.4. The van der Waals surface area contributed by atoms with Gasteiger partial charge in [0.25, 0.3) is 0 Å². The third kappa shape index (κ3) is 25.6. The zero-order valence-electron chi connectivity index (χ0n) is 43.1. The average Bonchev–Trinajstić information content (AvgIpc) is 3.46. The maximum absolute atomic E-state index is 13.7. The van der Waals surface area contributed by atoms with Crippen LogP contribution in [-0.4, -0.2) is 157 Å². The van der Waals surface area contributed by atoms with Gasteiger partial charge in [0.2, 0.25) is 0 Å². The number of nitrogens with one attached hydrogen (secondary N) is 3. The number of esters is 8. The van der Waals surface area contributed by atoms with Crippen LogP contribution in [0.15, 0.2) is 126 Å². The van der Waals surface area contributed by atoms with Crippen LogP contribution in [0, 0.1) is 23.2 Å². The minimum absolute atomic E-state index is 0.00142. The SMILES string of the molecule is C=CC(=O)OCC(COC(=O)C=C)(COC(=O)C=C)COC(=O)Nc1cc(NC(=O)OCC(COC(=O)C=C)(COC(=O)C=C)COC(=O)C=C)c(C)c(NC(=O)OCC(COC(=O)C=C)(COC(=O)C=C)COC(O)C=C)c1. The Morgan fingerprint density at radius 3 is 0.835 bits per heavy atom. The Bertz CT molecular complexity index is 2350.